The molecule has 1 aliphatic rings. The Morgan fingerprint density at radius 2 is 1.71 bits per heavy atom. The van der Waals surface area contributed by atoms with Gasteiger partial charge in [0.1, 0.15) is 5.69 Å². The van der Waals surface area contributed by atoms with Crippen LogP contribution in [-0.4, -0.2) is 10.9 Å². The highest BCUT2D eigenvalue weighted by molar-refractivity contribution is 6.30. The number of pyridine rings is 1. The molecule has 1 aliphatic carbocycles. The second-order valence-corrected chi connectivity index (χ2v) is 8.52. The molecule has 1 fully saturated rings. The Morgan fingerprint density at radius 1 is 1.03 bits per heavy atom. The van der Waals surface area contributed by atoms with E-state index in [2.05, 4.69) is 10.3 Å². The van der Waals surface area contributed by atoms with Crippen molar-refractivity contribution in [3.8, 4) is 0 Å². The van der Waals surface area contributed by atoms with E-state index in [1.165, 1.54) is 6.07 Å². The summed E-state index contributed by atoms with van der Waals surface area (Å²) in [7, 11) is 0. The molecule has 4 rings (SSSR count). The van der Waals surface area contributed by atoms with Crippen molar-refractivity contribution in [1.82, 2.24) is 4.98 Å². The van der Waals surface area contributed by atoms with Crippen molar-refractivity contribution < 1.29 is 18.0 Å². The van der Waals surface area contributed by atoms with Crippen LogP contribution in [0, 0.1) is 5.92 Å². The Balaban J connectivity index is 1.43. The quantitative estimate of drug-likeness (QED) is 0.460. The molecular weight excluding hydrogens is 425 g/mol. The summed E-state index contributed by atoms with van der Waals surface area (Å²) in [6, 6.07) is 15.1. The summed E-state index contributed by atoms with van der Waals surface area (Å²) in [6.45, 7) is 0. The van der Waals surface area contributed by atoms with Gasteiger partial charge in [0.15, 0.2) is 0 Å². The molecule has 0 saturated heterocycles. The summed E-state index contributed by atoms with van der Waals surface area (Å²) in [5, 5.41) is 4.26. The lowest BCUT2D eigenvalue weighted by Gasteiger charge is -2.29. The van der Waals surface area contributed by atoms with Crippen LogP contribution >= 0.6 is 11.6 Å². The Labute approximate surface area is 183 Å². The van der Waals surface area contributed by atoms with Crippen molar-refractivity contribution in [3.63, 3.8) is 0 Å². The average Bonchev–Trinajstić information content (AvgIpc) is 2.74. The highest BCUT2D eigenvalue weighted by Crippen LogP contribution is 2.41. The number of anilines is 1. The van der Waals surface area contributed by atoms with E-state index in [9.17, 15) is 18.0 Å². The first-order chi connectivity index (χ1) is 14.8. The number of nitrogens with zero attached hydrogens (tertiary/aromatic N) is 1. The summed E-state index contributed by atoms with van der Waals surface area (Å²) in [5.41, 5.74) is 0.940. The van der Waals surface area contributed by atoms with Crippen molar-refractivity contribution in [2.24, 2.45) is 5.92 Å². The number of amides is 1. The maximum absolute atomic E-state index is 13.4. The molecule has 31 heavy (non-hydrogen) atoms. The number of rotatable bonds is 4. The largest absolute Gasteiger partial charge is 0.433 e. The first-order valence-corrected chi connectivity index (χ1v) is 10.7. The van der Waals surface area contributed by atoms with Gasteiger partial charge in [0.05, 0.1) is 5.52 Å². The number of nitrogens with one attached hydrogen (secondary N) is 1. The van der Waals surface area contributed by atoms with Crippen LogP contribution in [0.4, 0.5) is 18.9 Å². The van der Waals surface area contributed by atoms with Crippen molar-refractivity contribution in [2.75, 3.05) is 5.32 Å². The van der Waals surface area contributed by atoms with E-state index in [1.807, 2.05) is 12.1 Å². The van der Waals surface area contributed by atoms with Crippen LogP contribution in [0.25, 0.3) is 10.9 Å². The SMILES string of the molecule is O=C(CC1CCC(c2cc(C(F)(F)F)nc3ccccc23)CC1)Nc1ccc(Cl)cc1. The van der Waals surface area contributed by atoms with Crippen LogP contribution in [0.3, 0.4) is 0 Å². The summed E-state index contributed by atoms with van der Waals surface area (Å²) < 4.78 is 40.1. The fourth-order valence-corrected chi connectivity index (χ4v) is 4.50. The van der Waals surface area contributed by atoms with Gasteiger partial charge >= 0.3 is 6.18 Å². The predicted molar refractivity (Wildman–Crippen MR) is 116 cm³/mol. The van der Waals surface area contributed by atoms with Gasteiger partial charge in [0.2, 0.25) is 5.91 Å². The normalized spacial score (nSPS) is 19.4. The Kier molecular flexibility index (Phi) is 6.19. The molecule has 3 aromatic rings. The van der Waals surface area contributed by atoms with Gasteiger partial charge < -0.3 is 5.32 Å². The summed E-state index contributed by atoms with van der Waals surface area (Å²) in [5.74, 6) is 0.197. The smallest absolute Gasteiger partial charge is 0.326 e. The first kappa shape index (κ1) is 21.6. The maximum Gasteiger partial charge on any atom is 0.433 e. The highest BCUT2D eigenvalue weighted by Gasteiger charge is 2.34. The van der Waals surface area contributed by atoms with Crippen LogP contribution < -0.4 is 5.32 Å². The lowest BCUT2D eigenvalue weighted by Crippen LogP contribution is -2.21. The third-order valence-corrected chi connectivity index (χ3v) is 6.18. The molecule has 7 heteroatoms. The van der Waals surface area contributed by atoms with Crippen molar-refractivity contribution in [1.29, 1.82) is 0 Å². The van der Waals surface area contributed by atoms with Crippen LogP contribution in [0.15, 0.2) is 54.6 Å². The summed E-state index contributed by atoms with van der Waals surface area (Å²) >= 11 is 5.86. The summed E-state index contributed by atoms with van der Waals surface area (Å²) in [4.78, 5) is 16.2. The standard InChI is InChI=1S/C24H22ClF3N2O/c25-17-9-11-18(12-10-17)29-23(31)13-15-5-7-16(8-6-15)20-14-22(24(26,27)28)30-21-4-2-1-3-19(20)21/h1-4,9-12,14-16H,5-8,13H2,(H,29,31). The third-order valence-electron chi connectivity index (χ3n) is 5.93. The summed E-state index contributed by atoms with van der Waals surface area (Å²) in [6.07, 6.45) is -0.961. The van der Waals surface area contributed by atoms with E-state index in [4.69, 9.17) is 11.6 Å². The van der Waals surface area contributed by atoms with E-state index in [-0.39, 0.29) is 17.7 Å². The number of para-hydroxylation sites is 1. The molecule has 0 unspecified atom stereocenters. The molecule has 0 radical (unpaired) electrons. The minimum absolute atomic E-state index is 0.0320. The predicted octanol–water partition coefficient (Wildman–Crippen LogP) is 7.21. The van der Waals surface area contributed by atoms with Gasteiger partial charge in [-0.3, -0.25) is 4.79 Å². The molecule has 1 heterocycles. The fourth-order valence-electron chi connectivity index (χ4n) is 4.37. The zero-order chi connectivity index (χ0) is 22.0. The first-order valence-electron chi connectivity index (χ1n) is 10.3. The zero-order valence-corrected chi connectivity index (χ0v) is 17.5. The second-order valence-electron chi connectivity index (χ2n) is 8.09. The van der Waals surface area contributed by atoms with Gasteiger partial charge in [-0.1, -0.05) is 29.8 Å². The number of alkyl halides is 3. The second kappa shape index (κ2) is 8.87. The van der Waals surface area contributed by atoms with Crippen molar-refractivity contribution in [2.45, 2.75) is 44.2 Å². The number of fused-ring (bicyclic) bond motifs is 1. The minimum Gasteiger partial charge on any atom is -0.326 e. The number of carbonyl (C=O) groups is 1. The molecule has 2 aromatic carbocycles. The number of hydrogen-bond donors (Lipinski definition) is 1. The molecule has 3 nitrogen and oxygen atoms in total. The van der Waals surface area contributed by atoms with E-state index in [0.29, 0.717) is 28.2 Å². The van der Waals surface area contributed by atoms with Crippen molar-refractivity contribution in [3.05, 3.63) is 70.9 Å². The highest BCUT2D eigenvalue weighted by atomic mass is 35.5. The monoisotopic (exact) mass is 446 g/mol. The van der Waals surface area contributed by atoms with Gasteiger partial charge in [-0.2, -0.15) is 13.2 Å². The van der Waals surface area contributed by atoms with Gasteiger partial charge in [-0.05, 0) is 79.5 Å². The molecule has 0 atom stereocenters. The number of carbonyl (C=O) groups excluding carboxylic acids is 1. The molecule has 1 amide bonds. The van der Waals surface area contributed by atoms with Crippen LogP contribution in [-0.2, 0) is 11.0 Å². The molecule has 1 aromatic heterocycles. The number of hydrogen-bond acceptors (Lipinski definition) is 2. The fraction of sp³-hybridized carbons (Fsp3) is 0.333. The Hall–Kier alpha value is -2.60. The minimum atomic E-state index is -4.48. The number of benzene rings is 2. The van der Waals surface area contributed by atoms with E-state index < -0.39 is 11.9 Å². The van der Waals surface area contributed by atoms with E-state index in [1.54, 1.807) is 36.4 Å². The van der Waals surface area contributed by atoms with Crippen LogP contribution in [0.2, 0.25) is 5.02 Å². The lowest BCUT2D eigenvalue weighted by molar-refractivity contribution is -0.141. The molecule has 1 N–H and O–H groups in total. The molecular formula is C24H22ClF3N2O. The van der Waals surface area contributed by atoms with Gasteiger partial charge in [0, 0.05) is 22.5 Å². The van der Waals surface area contributed by atoms with Crippen LogP contribution in [0.5, 0.6) is 0 Å². The molecule has 1 saturated carbocycles. The zero-order valence-electron chi connectivity index (χ0n) is 16.8. The van der Waals surface area contributed by atoms with Crippen LogP contribution in [0.1, 0.15) is 49.3 Å². The molecule has 0 aliphatic heterocycles. The number of halogens is 4. The molecule has 0 spiro atoms. The number of aromatic nitrogens is 1. The van der Waals surface area contributed by atoms with E-state index in [0.717, 1.165) is 31.1 Å². The van der Waals surface area contributed by atoms with Gasteiger partial charge in [-0.25, -0.2) is 4.98 Å². The molecule has 0 bridgehead atoms. The van der Waals surface area contributed by atoms with Crippen molar-refractivity contribution >= 4 is 34.1 Å². The molecule has 162 valence electrons. The van der Waals surface area contributed by atoms with E-state index >= 15 is 0 Å². The Morgan fingerprint density at radius 3 is 2.39 bits per heavy atom. The maximum atomic E-state index is 13.4. The topological polar surface area (TPSA) is 42.0 Å². The average molecular weight is 447 g/mol. The third kappa shape index (κ3) is 5.18. The lowest BCUT2D eigenvalue weighted by atomic mass is 9.76. The Bertz CT molecular complexity index is 1070. The van der Waals surface area contributed by atoms with Gasteiger partial charge in [0.25, 0.3) is 0 Å². The van der Waals surface area contributed by atoms with Gasteiger partial charge in [-0.15, -0.1) is 0 Å².